The van der Waals surface area contributed by atoms with Gasteiger partial charge in [0.05, 0.1) is 32.0 Å². The number of carbonyl (C=O) groups is 2. The van der Waals surface area contributed by atoms with Crippen molar-refractivity contribution in [3.05, 3.63) is 122 Å². The van der Waals surface area contributed by atoms with Gasteiger partial charge in [-0.05, 0) is 79.4 Å². The number of hydrogen-bond acceptors (Lipinski definition) is 8. The first kappa shape index (κ1) is 36.2. The molecule has 2 bridgehead atoms. The lowest BCUT2D eigenvalue weighted by Crippen LogP contribution is -2.53. The minimum Gasteiger partial charge on any atom is -0.619 e. The zero-order valence-electron chi connectivity index (χ0n) is 27.8. The van der Waals surface area contributed by atoms with E-state index in [9.17, 15) is 19.2 Å². The molecule has 3 aromatic carbocycles. The van der Waals surface area contributed by atoms with Crippen LogP contribution in [0.15, 0.2) is 73.1 Å². The number of fused-ring (bicyclic) bond motifs is 3. The van der Waals surface area contributed by atoms with Crippen LogP contribution in [0.25, 0.3) is 0 Å². The maximum absolute atomic E-state index is 15.1. The van der Waals surface area contributed by atoms with Gasteiger partial charge < -0.3 is 24.2 Å². The van der Waals surface area contributed by atoms with Crippen LogP contribution in [0.1, 0.15) is 46.0 Å². The zero-order valence-corrected chi connectivity index (χ0v) is 29.3. The van der Waals surface area contributed by atoms with Crippen LogP contribution >= 0.6 is 23.2 Å². The Balaban J connectivity index is 1.28. The Morgan fingerprint density at radius 1 is 0.980 bits per heavy atom. The Morgan fingerprint density at radius 2 is 1.71 bits per heavy atom. The van der Waals surface area contributed by atoms with Crippen molar-refractivity contribution < 1.29 is 42.0 Å². The van der Waals surface area contributed by atoms with Gasteiger partial charge in [-0.25, -0.2) is 18.4 Å². The third-order valence-electron chi connectivity index (χ3n) is 9.25. The average Bonchev–Trinajstić information content (AvgIpc) is 3.12. The highest BCUT2D eigenvalue weighted by molar-refractivity contribution is 6.35. The number of pyridine rings is 1. The van der Waals surface area contributed by atoms with E-state index in [1.54, 1.807) is 30.3 Å². The summed E-state index contributed by atoms with van der Waals surface area (Å²) in [4.78, 5) is 30.7. The molecule has 2 atom stereocenters. The molecule has 10 nitrogen and oxygen atoms in total. The van der Waals surface area contributed by atoms with E-state index in [-0.39, 0.29) is 46.3 Å². The number of benzene rings is 3. The highest BCUT2D eigenvalue weighted by Gasteiger charge is 2.38. The van der Waals surface area contributed by atoms with Gasteiger partial charge in [0.1, 0.15) is 33.9 Å². The Kier molecular flexibility index (Phi) is 11.1. The molecule has 1 amide bonds. The van der Waals surface area contributed by atoms with Crippen molar-refractivity contribution in [2.75, 3.05) is 38.8 Å². The van der Waals surface area contributed by atoms with Crippen molar-refractivity contribution in [1.82, 2.24) is 4.90 Å². The number of methoxy groups -OCH3 is 2. The van der Waals surface area contributed by atoms with Crippen LogP contribution in [0.4, 0.5) is 19.3 Å². The number of piperidine rings is 3. The zero-order chi connectivity index (χ0) is 36.2. The summed E-state index contributed by atoms with van der Waals surface area (Å²) in [6.45, 7) is 2.21. The fourth-order valence-electron chi connectivity index (χ4n) is 6.55. The number of anilines is 1. The summed E-state index contributed by atoms with van der Waals surface area (Å²) in [5.41, 5.74) is 1.15. The van der Waals surface area contributed by atoms with Crippen molar-refractivity contribution in [3.8, 4) is 11.5 Å². The van der Waals surface area contributed by atoms with Gasteiger partial charge in [-0.3, -0.25) is 9.80 Å². The fourth-order valence-corrected chi connectivity index (χ4v) is 7.14. The van der Waals surface area contributed by atoms with E-state index in [0.29, 0.717) is 39.5 Å². The van der Waals surface area contributed by atoms with Gasteiger partial charge >= 0.3 is 12.1 Å². The molecule has 3 aliphatic rings. The van der Waals surface area contributed by atoms with Gasteiger partial charge in [0, 0.05) is 24.6 Å². The molecular formula is C37H35Cl2F2N3O7. The molecule has 0 aliphatic carbocycles. The van der Waals surface area contributed by atoms with Gasteiger partial charge in [-0.1, -0.05) is 41.4 Å². The summed E-state index contributed by atoms with van der Waals surface area (Å²) >= 11 is 12.8. The second kappa shape index (κ2) is 15.7. The Bertz CT molecular complexity index is 1900. The highest BCUT2D eigenvalue weighted by atomic mass is 35.5. The number of amides is 1. The molecule has 51 heavy (non-hydrogen) atoms. The lowest BCUT2D eigenvalue weighted by Gasteiger charge is -2.44. The number of hydrogen-bond donors (Lipinski definition) is 0. The van der Waals surface area contributed by atoms with E-state index in [2.05, 4.69) is 4.90 Å². The second-order valence-electron chi connectivity index (χ2n) is 12.4. The second-order valence-corrected chi connectivity index (χ2v) is 13.3. The maximum atomic E-state index is 15.1. The first-order valence-electron chi connectivity index (χ1n) is 16.3. The highest BCUT2D eigenvalue weighted by Crippen LogP contribution is 2.36. The summed E-state index contributed by atoms with van der Waals surface area (Å²) in [6, 6.07) is 14.1. The van der Waals surface area contributed by atoms with Crippen LogP contribution in [0.5, 0.6) is 11.5 Å². The fraction of sp³-hybridized carbons (Fsp3) is 0.324. The van der Waals surface area contributed by atoms with Crippen LogP contribution < -0.4 is 19.1 Å². The van der Waals surface area contributed by atoms with Crippen LogP contribution in [0.3, 0.4) is 0 Å². The molecule has 0 spiro atoms. The Hall–Kier alpha value is -4.65. The summed E-state index contributed by atoms with van der Waals surface area (Å²) in [5, 5.41) is 12.1. The van der Waals surface area contributed by atoms with E-state index in [4.69, 9.17) is 42.1 Å². The summed E-state index contributed by atoms with van der Waals surface area (Å²) in [7, 11) is 2.96. The number of aromatic nitrogens is 1. The molecular weight excluding hydrogens is 707 g/mol. The molecule has 4 aromatic rings. The number of esters is 1. The average molecular weight is 743 g/mol. The summed E-state index contributed by atoms with van der Waals surface area (Å²) in [5.74, 6) is -1.25. The molecule has 1 aromatic heterocycles. The maximum Gasteiger partial charge on any atom is 0.415 e. The molecule has 3 saturated heterocycles. The molecule has 14 heteroatoms. The standard InChI is InChI=1S/C37H35Cl2F2N3O7/c1-48-32-9-6-24(15-34(32)49-2)33(17-27-28(38)19-43(47)20-29(27)39)50-36(45)25-5-3-4-22(14-25)18-44(31-16-26(40)7-8-30(31)41)37(46)51-35-21-42-12-10-23(35)11-13-42/h3-9,14-16,19-20,23,33,35H,10-13,17-18,21H2,1-2H3/t33?,35-/m0/s1. The number of rotatable bonds is 11. The van der Waals surface area contributed by atoms with Gasteiger partial charge in [-0.2, -0.15) is 4.73 Å². The largest absolute Gasteiger partial charge is 0.619 e. The van der Waals surface area contributed by atoms with Crippen molar-refractivity contribution in [3.63, 3.8) is 0 Å². The molecule has 268 valence electrons. The lowest BCUT2D eigenvalue weighted by atomic mass is 9.86. The number of nitrogens with zero attached hydrogens (tertiary/aromatic N) is 3. The first-order chi connectivity index (χ1) is 24.5. The molecule has 0 N–H and O–H groups in total. The van der Waals surface area contributed by atoms with Gasteiger partial charge in [0.25, 0.3) is 0 Å². The number of ether oxygens (including phenoxy) is 4. The third kappa shape index (κ3) is 8.30. The Morgan fingerprint density at radius 3 is 2.37 bits per heavy atom. The molecule has 3 aliphatic heterocycles. The molecule has 3 fully saturated rings. The summed E-state index contributed by atoms with van der Waals surface area (Å²) < 4.78 is 52.7. The predicted molar refractivity (Wildman–Crippen MR) is 185 cm³/mol. The van der Waals surface area contributed by atoms with Crippen molar-refractivity contribution in [1.29, 1.82) is 0 Å². The van der Waals surface area contributed by atoms with Crippen molar-refractivity contribution in [2.24, 2.45) is 5.92 Å². The Labute approximate surface area is 303 Å². The van der Waals surface area contributed by atoms with Crippen molar-refractivity contribution >= 4 is 41.0 Å². The molecule has 1 unspecified atom stereocenters. The number of carbonyl (C=O) groups excluding carboxylic acids is 2. The third-order valence-corrected chi connectivity index (χ3v) is 9.90. The molecule has 0 radical (unpaired) electrons. The predicted octanol–water partition coefficient (Wildman–Crippen LogP) is 7.30. The van der Waals surface area contributed by atoms with Gasteiger partial charge in [-0.15, -0.1) is 0 Å². The van der Waals surface area contributed by atoms with Crippen LogP contribution in [-0.4, -0.2) is 56.9 Å². The molecule has 7 rings (SSSR count). The van der Waals surface area contributed by atoms with Crippen LogP contribution in [0, 0.1) is 22.8 Å². The van der Waals surface area contributed by atoms with Gasteiger partial charge in [0.2, 0.25) is 0 Å². The van der Waals surface area contributed by atoms with Crippen LogP contribution in [-0.2, 0) is 22.4 Å². The van der Waals surface area contributed by atoms with E-state index < -0.39 is 29.8 Å². The smallest absolute Gasteiger partial charge is 0.415 e. The van der Waals surface area contributed by atoms with Crippen molar-refractivity contribution in [2.45, 2.75) is 38.0 Å². The van der Waals surface area contributed by atoms with E-state index in [1.165, 1.54) is 26.4 Å². The van der Waals surface area contributed by atoms with Gasteiger partial charge in [0.15, 0.2) is 23.9 Å². The first-order valence-corrected chi connectivity index (χ1v) is 17.0. The topological polar surface area (TPSA) is 104 Å². The monoisotopic (exact) mass is 741 g/mol. The molecule has 0 saturated carbocycles. The van der Waals surface area contributed by atoms with E-state index >= 15 is 4.39 Å². The summed E-state index contributed by atoms with van der Waals surface area (Å²) in [6.07, 6.45) is 1.91. The normalized spacial score (nSPS) is 18.5. The van der Waals surface area contributed by atoms with E-state index in [1.807, 2.05) is 0 Å². The lowest BCUT2D eigenvalue weighted by molar-refractivity contribution is -0.605. The number of halogens is 4. The SMILES string of the molecule is COc1ccc(C(Cc2c(Cl)c[n+]([O-])cc2Cl)OC(=O)c2cccc(CN(C(=O)O[C@H]3CN4CCC3CC4)c3cc(F)ccc3F)c2)cc1OC. The van der Waals surface area contributed by atoms with Crippen LogP contribution in [0.2, 0.25) is 10.0 Å². The minimum atomic E-state index is -0.965. The minimum absolute atomic E-state index is 0.00250. The molecule has 4 heterocycles. The quantitative estimate of drug-likeness (QED) is 0.0897. The van der Waals surface area contributed by atoms with E-state index in [0.717, 1.165) is 61.4 Å².